The molecular weight excluding hydrogens is 213 g/mol. The molecular formula is C13H14BNS. The summed E-state index contributed by atoms with van der Waals surface area (Å²) in [6, 6.07) is 8.54. The minimum absolute atomic E-state index is 0.195. The van der Waals surface area contributed by atoms with E-state index in [1.54, 1.807) is 6.20 Å². The van der Waals surface area contributed by atoms with Crippen LogP contribution in [0.15, 0.2) is 30.5 Å². The molecule has 0 atom stereocenters. The van der Waals surface area contributed by atoms with Crippen molar-refractivity contribution < 1.29 is 0 Å². The third kappa shape index (κ3) is 2.35. The lowest BCUT2D eigenvalue weighted by Gasteiger charge is -2.18. The lowest BCUT2D eigenvalue weighted by atomic mass is 9.87. The Labute approximate surface area is 102 Å². The van der Waals surface area contributed by atoms with Crippen molar-refractivity contribution in [3.05, 3.63) is 36.0 Å². The van der Waals surface area contributed by atoms with Gasteiger partial charge < -0.3 is 0 Å². The molecule has 2 radical (unpaired) electrons. The quantitative estimate of drug-likeness (QED) is 0.682. The SMILES string of the molecule is [B]c1cnc(-c2ccc(C(C)(C)C)cc2)s1. The minimum Gasteiger partial charge on any atom is -0.245 e. The first-order valence-electron chi connectivity index (χ1n) is 5.29. The molecule has 0 amide bonds. The van der Waals surface area contributed by atoms with Gasteiger partial charge in [0.1, 0.15) is 12.9 Å². The van der Waals surface area contributed by atoms with Crippen molar-refractivity contribution in [2.24, 2.45) is 0 Å². The molecule has 1 aromatic heterocycles. The number of rotatable bonds is 1. The van der Waals surface area contributed by atoms with Crippen molar-refractivity contribution in [1.82, 2.24) is 4.98 Å². The van der Waals surface area contributed by atoms with E-state index in [9.17, 15) is 0 Å². The Morgan fingerprint density at radius 1 is 1.12 bits per heavy atom. The van der Waals surface area contributed by atoms with Crippen molar-refractivity contribution in [2.45, 2.75) is 26.2 Å². The monoisotopic (exact) mass is 227 g/mol. The van der Waals surface area contributed by atoms with Crippen LogP contribution < -0.4 is 4.78 Å². The summed E-state index contributed by atoms with van der Waals surface area (Å²) in [5, 5.41) is 0.984. The molecule has 2 rings (SSSR count). The molecule has 1 heterocycles. The van der Waals surface area contributed by atoms with E-state index in [0.717, 1.165) is 15.3 Å². The molecule has 0 saturated carbocycles. The summed E-state index contributed by atoms with van der Waals surface area (Å²) >= 11 is 1.52. The van der Waals surface area contributed by atoms with Crippen LogP contribution in [0.5, 0.6) is 0 Å². The molecule has 0 aliphatic carbocycles. The van der Waals surface area contributed by atoms with E-state index < -0.39 is 0 Å². The Bertz CT molecular complexity index is 479. The van der Waals surface area contributed by atoms with E-state index in [1.807, 2.05) is 0 Å². The predicted octanol–water partition coefficient (Wildman–Crippen LogP) is 2.90. The van der Waals surface area contributed by atoms with Gasteiger partial charge in [-0.05, 0) is 15.8 Å². The normalized spacial score (nSPS) is 11.7. The zero-order valence-electron chi connectivity index (χ0n) is 9.82. The minimum atomic E-state index is 0.195. The van der Waals surface area contributed by atoms with Crippen LogP contribution in [0.2, 0.25) is 0 Å². The number of hydrogen-bond acceptors (Lipinski definition) is 2. The van der Waals surface area contributed by atoms with Crippen LogP contribution >= 0.6 is 11.3 Å². The molecule has 80 valence electrons. The van der Waals surface area contributed by atoms with Gasteiger partial charge in [0.15, 0.2) is 0 Å². The Hall–Kier alpha value is -1.09. The number of thiazole rings is 1. The summed E-state index contributed by atoms with van der Waals surface area (Å²) in [7, 11) is 5.67. The molecule has 0 N–H and O–H groups in total. The number of benzene rings is 1. The topological polar surface area (TPSA) is 12.9 Å². The third-order valence-electron chi connectivity index (χ3n) is 2.52. The number of hydrogen-bond donors (Lipinski definition) is 0. The van der Waals surface area contributed by atoms with E-state index in [1.165, 1.54) is 16.9 Å². The van der Waals surface area contributed by atoms with Crippen LogP contribution in [0.3, 0.4) is 0 Å². The van der Waals surface area contributed by atoms with Gasteiger partial charge in [-0.25, -0.2) is 4.98 Å². The number of nitrogens with zero attached hydrogens (tertiary/aromatic N) is 1. The summed E-state index contributed by atoms with van der Waals surface area (Å²) in [5.41, 5.74) is 2.66. The lowest BCUT2D eigenvalue weighted by molar-refractivity contribution is 0.590. The first-order chi connectivity index (χ1) is 7.47. The molecule has 0 spiro atoms. The molecule has 3 heteroatoms. The van der Waals surface area contributed by atoms with Crippen molar-refractivity contribution in [3.63, 3.8) is 0 Å². The summed E-state index contributed by atoms with van der Waals surface area (Å²) in [4.78, 5) is 4.27. The molecule has 0 saturated heterocycles. The van der Waals surface area contributed by atoms with Crippen molar-refractivity contribution in [3.8, 4) is 10.6 Å². The Kier molecular flexibility index (Phi) is 2.89. The summed E-state index contributed by atoms with van der Waals surface area (Å²) < 4.78 is 0.759. The molecule has 0 fully saturated rings. The molecule has 1 aromatic carbocycles. The average Bonchev–Trinajstić information content (AvgIpc) is 2.64. The first-order valence-corrected chi connectivity index (χ1v) is 6.11. The zero-order valence-corrected chi connectivity index (χ0v) is 10.6. The highest BCUT2D eigenvalue weighted by Crippen LogP contribution is 2.26. The van der Waals surface area contributed by atoms with Gasteiger partial charge in [-0.15, -0.1) is 11.3 Å². The van der Waals surface area contributed by atoms with Gasteiger partial charge in [0.25, 0.3) is 0 Å². The number of aromatic nitrogens is 1. The van der Waals surface area contributed by atoms with Crippen LogP contribution in [-0.2, 0) is 5.41 Å². The summed E-state index contributed by atoms with van der Waals surface area (Å²) in [6.07, 6.45) is 1.71. The van der Waals surface area contributed by atoms with Crippen LogP contribution in [-0.4, -0.2) is 12.8 Å². The average molecular weight is 227 g/mol. The Morgan fingerprint density at radius 2 is 1.75 bits per heavy atom. The summed E-state index contributed by atoms with van der Waals surface area (Å²) in [6.45, 7) is 6.64. The van der Waals surface area contributed by atoms with E-state index in [0.29, 0.717) is 0 Å². The van der Waals surface area contributed by atoms with Gasteiger partial charge in [-0.2, -0.15) is 0 Å². The van der Waals surface area contributed by atoms with Crippen molar-refractivity contribution >= 4 is 24.0 Å². The largest absolute Gasteiger partial charge is 0.245 e. The fourth-order valence-corrected chi connectivity index (χ4v) is 2.22. The first kappa shape index (κ1) is 11.4. The standard InChI is InChI=1S/C13H14BNS/c1-13(2,3)10-6-4-9(5-7-10)12-15-8-11(14)16-12/h4-8H,1-3H3. The molecule has 0 unspecified atom stereocenters. The van der Waals surface area contributed by atoms with Gasteiger partial charge in [0.2, 0.25) is 0 Å². The zero-order chi connectivity index (χ0) is 11.8. The van der Waals surface area contributed by atoms with E-state index in [2.05, 4.69) is 50.0 Å². The second kappa shape index (κ2) is 4.06. The smallest absolute Gasteiger partial charge is 0.131 e. The third-order valence-corrected chi connectivity index (χ3v) is 3.40. The Morgan fingerprint density at radius 3 is 2.19 bits per heavy atom. The van der Waals surface area contributed by atoms with Gasteiger partial charge >= 0.3 is 0 Å². The molecule has 0 aliphatic rings. The highest BCUT2D eigenvalue weighted by atomic mass is 32.1. The van der Waals surface area contributed by atoms with Gasteiger partial charge in [0, 0.05) is 11.8 Å². The lowest BCUT2D eigenvalue weighted by Crippen LogP contribution is -2.10. The maximum Gasteiger partial charge on any atom is 0.131 e. The van der Waals surface area contributed by atoms with Gasteiger partial charge in [-0.1, -0.05) is 45.0 Å². The van der Waals surface area contributed by atoms with E-state index >= 15 is 0 Å². The van der Waals surface area contributed by atoms with Crippen LogP contribution in [0.1, 0.15) is 26.3 Å². The van der Waals surface area contributed by atoms with E-state index in [4.69, 9.17) is 7.85 Å². The fourth-order valence-electron chi connectivity index (χ4n) is 1.53. The molecule has 16 heavy (non-hydrogen) atoms. The molecule has 0 bridgehead atoms. The fraction of sp³-hybridized carbons (Fsp3) is 0.308. The van der Waals surface area contributed by atoms with Gasteiger partial charge in [-0.3, -0.25) is 0 Å². The second-order valence-electron chi connectivity index (χ2n) is 4.90. The summed E-state index contributed by atoms with van der Waals surface area (Å²) in [5.74, 6) is 0. The van der Waals surface area contributed by atoms with Crippen LogP contribution in [0, 0.1) is 0 Å². The molecule has 0 aliphatic heterocycles. The van der Waals surface area contributed by atoms with Gasteiger partial charge in [0.05, 0.1) is 0 Å². The van der Waals surface area contributed by atoms with E-state index in [-0.39, 0.29) is 5.41 Å². The second-order valence-corrected chi connectivity index (χ2v) is 5.96. The highest BCUT2D eigenvalue weighted by molar-refractivity contribution is 7.22. The molecule has 2 aromatic rings. The maximum atomic E-state index is 5.67. The predicted molar refractivity (Wildman–Crippen MR) is 71.6 cm³/mol. The van der Waals surface area contributed by atoms with Crippen LogP contribution in [0.4, 0.5) is 0 Å². The van der Waals surface area contributed by atoms with Crippen molar-refractivity contribution in [1.29, 1.82) is 0 Å². The van der Waals surface area contributed by atoms with Crippen LogP contribution in [0.25, 0.3) is 10.6 Å². The Balaban J connectivity index is 2.33. The highest BCUT2D eigenvalue weighted by Gasteiger charge is 2.13. The molecule has 1 nitrogen and oxygen atoms in total. The maximum absolute atomic E-state index is 5.67. The van der Waals surface area contributed by atoms with Crippen molar-refractivity contribution in [2.75, 3.05) is 0 Å².